The van der Waals surface area contributed by atoms with Crippen LogP contribution < -0.4 is 0 Å². The highest BCUT2D eigenvalue weighted by Gasteiger charge is 1.73. The third-order valence-corrected chi connectivity index (χ3v) is 1.76. The van der Waals surface area contributed by atoms with Crippen LogP contribution in [0.25, 0.3) is 0 Å². The number of allylic oxidation sites excluding steroid dienone is 2. The molecule has 0 N–H and O–H groups in total. The van der Waals surface area contributed by atoms with Crippen molar-refractivity contribution in [2.45, 2.75) is 6.92 Å². The van der Waals surface area contributed by atoms with Gasteiger partial charge < -0.3 is 0 Å². The van der Waals surface area contributed by atoms with Crippen LogP contribution in [0.15, 0.2) is 23.6 Å². The van der Waals surface area contributed by atoms with Crippen LogP contribution in [0.5, 0.6) is 0 Å². The zero-order valence-electron chi connectivity index (χ0n) is 5.58. The minimum Gasteiger partial charge on any atom is -0.158 e. The number of thioether (sulfide) groups is 1. The average molecular weight is 160 g/mol. The molecule has 0 aromatic carbocycles. The van der Waals surface area contributed by atoms with Gasteiger partial charge in [0.15, 0.2) is 0 Å². The molecule has 0 rings (SSSR count). The SMILES string of the molecule is CCSC/C=C/C=C\S. The van der Waals surface area contributed by atoms with Gasteiger partial charge in [-0.3, -0.25) is 0 Å². The summed E-state index contributed by atoms with van der Waals surface area (Å²) in [5.74, 6) is 2.30. The van der Waals surface area contributed by atoms with E-state index in [1.807, 2.05) is 23.9 Å². The fourth-order valence-corrected chi connectivity index (χ4v) is 0.952. The molecule has 0 atom stereocenters. The second kappa shape index (κ2) is 8.18. The molecule has 0 unspecified atom stereocenters. The zero-order valence-corrected chi connectivity index (χ0v) is 7.29. The van der Waals surface area contributed by atoms with Gasteiger partial charge in [-0.2, -0.15) is 24.4 Å². The van der Waals surface area contributed by atoms with E-state index in [4.69, 9.17) is 0 Å². The van der Waals surface area contributed by atoms with E-state index in [2.05, 4.69) is 25.6 Å². The van der Waals surface area contributed by atoms with Gasteiger partial charge in [-0.15, -0.1) is 0 Å². The first-order chi connectivity index (χ1) is 4.41. The molecule has 0 saturated carbocycles. The van der Waals surface area contributed by atoms with E-state index in [1.54, 1.807) is 5.41 Å². The molecule has 9 heavy (non-hydrogen) atoms. The molecule has 0 aromatic rings. The highest BCUT2D eigenvalue weighted by molar-refractivity contribution is 7.99. The maximum absolute atomic E-state index is 3.91. The Balaban J connectivity index is 3.04. The van der Waals surface area contributed by atoms with Crippen molar-refractivity contribution < 1.29 is 0 Å². The van der Waals surface area contributed by atoms with Crippen molar-refractivity contribution >= 4 is 24.4 Å². The number of hydrogen-bond acceptors (Lipinski definition) is 2. The number of thiol groups is 1. The molecule has 0 aliphatic rings. The largest absolute Gasteiger partial charge is 0.158 e. The molecule has 0 aliphatic carbocycles. The Bertz CT molecular complexity index is 95.1. The highest BCUT2D eigenvalue weighted by atomic mass is 32.2. The lowest BCUT2D eigenvalue weighted by molar-refractivity contribution is 1.52. The molecule has 0 bridgehead atoms. The van der Waals surface area contributed by atoms with Crippen LogP contribution in [0.4, 0.5) is 0 Å². The predicted molar refractivity (Wildman–Crippen MR) is 50.3 cm³/mol. The molecule has 0 spiro atoms. The predicted octanol–water partition coefficient (Wildman–Crippen LogP) is 2.74. The molecule has 0 aliphatic heterocycles. The fourth-order valence-electron chi connectivity index (χ4n) is 0.370. The Kier molecular flexibility index (Phi) is 8.34. The Morgan fingerprint density at radius 2 is 2.22 bits per heavy atom. The summed E-state index contributed by atoms with van der Waals surface area (Å²) in [6.07, 6.45) is 6.05. The molecule has 0 nitrogen and oxygen atoms in total. The Morgan fingerprint density at radius 3 is 2.78 bits per heavy atom. The maximum Gasteiger partial charge on any atom is 0.0116 e. The molecule has 0 amide bonds. The monoisotopic (exact) mass is 160 g/mol. The normalized spacial score (nSPS) is 11.8. The van der Waals surface area contributed by atoms with Crippen molar-refractivity contribution in [2.24, 2.45) is 0 Å². The molecule has 52 valence electrons. The number of rotatable bonds is 4. The molecular formula is C7H12S2. The molecule has 0 saturated heterocycles. The topological polar surface area (TPSA) is 0 Å². The summed E-state index contributed by atoms with van der Waals surface area (Å²) in [6.45, 7) is 2.16. The van der Waals surface area contributed by atoms with E-state index in [9.17, 15) is 0 Å². The van der Waals surface area contributed by atoms with E-state index in [-0.39, 0.29) is 0 Å². The Hall–Kier alpha value is 0.180. The summed E-state index contributed by atoms with van der Waals surface area (Å²) >= 11 is 5.82. The van der Waals surface area contributed by atoms with Gasteiger partial charge in [0.1, 0.15) is 0 Å². The maximum atomic E-state index is 3.91. The summed E-state index contributed by atoms with van der Waals surface area (Å²) in [5, 5.41) is 1.73. The van der Waals surface area contributed by atoms with Crippen molar-refractivity contribution in [3.63, 3.8) is 0 Å². The van der Waals surface area contributed by atoms with Gasteiger partial charge >= 0.3 is 0 Å². The van der Waals surface area contributed by atoms with Gasteiger partial charge in [-0.1, -0.05) is 25.2 Å². The third-order valence-electron chi connectivity index (χ3n) is 0.751. The molecule has 2 heteroatoms. The second-order valence-corrected chi connectivity index (χ2v) is 3.05. The first kappa shape index (κ1) is 9.18. The average Bonchev–Trinajstić information content (AvgIpc) is 1.89. The van der Waals surface area contributed by atoms with Gasteiger partial charge in [0.25, 0.3) is 0 Å². The lowest BCUT2D eigenvalue weighted by Crippen LogP contribution is -1.69. The second-order valence-electron chi connectivity index (χ2n) is 1.43. The quantitative estimate of drug-likeness (QED) is 0.375. The van der Waals surface area contributed by atoms with Crippen molar-refractivity contribution in [3.8, 4) is 0 Å². The summed E-state index contributed by atoms with van der Waals surface area (Å²) in [6, 6.07) is 0. The molecule has 0 heterocycles. The van der Waals surface area contributed by atoms with Crippen LogP contribution in [-0.2, 0) is 0 Å². The van der Waals surface area contributed by atoms with E-state index in [1.165, 1.54) is 5.75 Å². The third kappa shape index (κ3) is 8.18. The summed E-state index contributed by atoms with van der Waals surface area (Å²) in [4.78, 5) is 0. The molecular weight excluding hydrogens is 148 g/mol. The summed E-state index contributed by atoms with van der Waals surface area (Å²) in [5.41, 5.74) is 0. The Labute approximate surface area is 66.8 Å². The van der Waals surface area contributed by atoms with Crippen molar-refractivity contribution in [1.82, 2.24) is 0 Å². The minimum atomic E-state index is 1.11. The summed E-state index contributed by atoms with van der Waals surface area (Å²) in [7, 11) is 0. The van der Waals surface area contributed by atoms with Crippen LogP contribution in [0.2, 0.25) is 0 Å². The number of hydrogen-bond donors (Lipinski definition) is 1. The van der Waals surface area contributed by atoms with E-state index in [0.29, 0.717) is 0 Å². The Morgan fingerprint density at radius 1 is 1.44 bits per heavy atom. The van der Waals surface area contributed by atoms with Gasteiger partial charge in [0, 0.05) is 5.75 Å². The van der Waals surface area contributed by atoms with Crippen LogP contribution >= 0.6 is 24.4 Å². The standard InChI is InChI=1S/C7H12S2/c1-2-9-7-5-3-4-6-8/h3-6,8H,2,7H2,1H3/b5-3+,6-4-. The summed E-state index contributed by atoms with van der Waals surface area (Å²) < 4.78 is 0. The zero-order chi connectivity index (χ0) is 6.95. The van der Waals surface area contributed by atoms with Crippen LogP contribution in [0, 0.1) is 0 Å². The van der Waals surface area contributed by atoms with Crippen LogP contribution in [0.3, 0.4) is 0 Å². The van der Waals surface area contributed by atoms with Gasteiger partial charge in [0.05, 0.1) is 0 Å². The van der Waals surface area contributed by atoms with Gasteiger partial charge in [-0.05, 0) is 11.2 Å². The lowest BCUT2D eigenvalue weighted by Gasteiger charge is -1.85. The van der Waals surface area contributed by atoms with E-state index in [0.717, 1.165) is 5.75 Å². The van der Waals surface area contributed by atoms with Crippen molar-refractivity contribution in [2.75, 3.05) is 11.5 Å². The van der Waals surface area contributed by atoms with E-state index >= 15 is 0 Å². The highest BCUT2D eigenvalue weighted by Crippen LogP contribution is 1.97. The smallest absolute Gasteiger partial charge is 0.0116 e. The van der Waals surface area contributed by atoms with Crippen LogP contribution in [0.1, 0.15) is 6.92 Å². The minimum absolute atomic E-state index is 1.11. The van der Waals surface area contributed by atoms with Gasteiger partial charge in [0.2, 0.25) is 0 Å². The molecule has 0 radical (unpaired) electrons. The fraction of sp³-hybridized carbons (Fsp3) is 0.429. The van der Waals surface area contributed by atoms with Gasteiger partial charge in [-0.25, -0.2) is 0 Å². The molecule has 0 aromatic heterocycles. The van der Waals surface area contributed by atoms with Crippen LogP contribution in [-0.4, -0.2) is 11.5 Å². The molecule has 0 fully saturated rings. The lowest BCUT2D eigenvalue weighted by atomic mass is 10.5. The first-order valence-corrected chi connectivity index (χ1v) is 4.62. The van der Waals surface area contributed by atoms with E-state index < -0.39 is 0 Å². The van der Waals surface area contributed by atoms with Crippen molar-refractivity contribution in [3.05, 3.63) is 23.6 Å². The first-order valence-electron chi connectivity index (χ1n) is 2.95. The van der Waals surface area contributed by atoms with Crippen molar-refractivity contribution in [1.29, 1.82) is 0 Å².